The van der Waals surface area contributed by atoms with Gasteiger partial charge in [-0.2, -0.15) is 0 Å². The first-order valence-corrected chi connectivity index (χ1v) is 13.2. The number of nitrogens with zero attached hydrogens (tertiary/aromatic N) is 2. The average molecular weight is 490 g/mol. The fourth-order valence-corrected chi connectivity index (χ4v) is 4.32. The van der Waals surface area contributed by atoms with E-state index >= 15 is 0 Å². The van der Waals surface area contributed by atoms with Gasteiger partial charge in [-0.25, -0.2) is 8.42 Å². The molecule has 34 heavy (non-hydrogen) atoms. The van der Waals surface area contributed by atoms with E-state index in [-0.39, 0.29) is 24.2 Å². The van der Waals surface area contributed by atoms with Crippen LogP contribution in [-0.4, -0.2) is 63.7 Å². The molecule has 186 valence electrons. The number of hydrogen-bond donors (Lipinski definition) is 1. The van der Waals surface area contributed by atoms with Crippen LogP contribution in [0.4, 0.5) is 5.69 Å². The molecule has 2 aromatic rings. The molecule has 0 aromatic heterocycles. The van der Waals surface area contributed by atoms with Crippen molar-refractivity contribution in [2.75, 3.05) is 30.8 Å². The predicted molar refractivity (Wildman–Crippen MR) is 134 cm³/mol. The molecule has 2 atom stereocenters. The number of rotatable bonds is 12. The minimum atomic E-state index is -3.81. The summed E-state index contributed by atoms with van der Waals surface area (Å²) in [5, 5.41) is 2.91. The SMILES string of the molecule is CC[C@@H](C)NC(=O)[C@@H](C)N(CCc1ccccc1)C(=O)CN(c1ccccc1OC)S(C)(=O)=O. The fraction of sp³-hybridized carbons (Fsp3) is 0.440. The Bertz CT molecular complexity index is 1060. The second kappa shape index (κ2) is 12.4. The van der Waals surface area contributed by atoms with Gasteiger partial charge >= 0.3 is 0 Å². The topological polar surface area (TPSA) is 96.0 Å². The Morgan fingerprint density at radius 3 is 2.24 bits per heavy atom. The maximum atomic E-state index is 13.5. The van der Waals surface area contributed by atoms with Crippen LogP contribution in [0.2, 0.25) is 0 Å². The largest absolute Gasteiger partial charge is 0.495 e. The molecule has 0 saturated heterocycles. The number of anilines is 1. The third-order valence-electron chi connectivity index (χ3n) is 5.69. The van der Waals surface area contributed by atoms with Crippen LogP contribution in [0.5, 0.6) is 5.75 Å². The Morgan fingerprint density at radius 2 is 1.65 bits per heavy atom. The molecular formula is C25H35N3O5S. The highest BCUT2D eigenvalue weighted by molar-refractivity contribution is 7.92. The first-order valence-electron chi connectivity index (χ1n) is 11.3. The number of para-hydroxylation sites is 2. The van der Waals surface area contributed by atoms with Crippen molar-refractivity contribution in [1.29, 1.82) is 0 Å². The molecule has 2 rings (SSSR count). The third kappa shape index (κ3) is 7.48. The lowest BCUT2D eigenvalue weighted by molar-refractivity contribution is -0.139. The lowest BCUT2D eigenvalue weighted by Gasteiger charge is -2.32. The van der Waals surface area contributed by atoms with Gasteiger partial charge in [0.25, 0.3) is 0 Å². The lowest BCUT2D eigenvalue weighted by atomic mass is 10.1. The number of amides is 2. The molecule has 8 nitrogen and oxygen atoms in total. The molecule has 0 radical (unpaired) electrons. The van der Waals surface area contributed by atoms with E-state index in [0.717, 1.165) is 22.5 Å². The van der Waals surface area contributed by atoms with Gasteiger partial charge in [-0.1, -0.05) is 49.4 Å². The fourth-order valence-electron chi connectivity index (χ4n) is 3.47. The van der Waals surface area contributed by atoms with Crippen LogP contribution < -0.4 is 14.4 Å². The van der Waals surface area contributed by atoms with Crippen molar-refractivity contribution in [3.63, 3.8) is 0 Å². The van der Waals surface area contributed by atoms with Crippen LogP contribution in [0.25, 0.3) is 0 Å². The van der Waals surface area contributed by atoms with Gasteiger partial charge in [0, 0.05) is 12.6 Å². The van der Waals surface area contributed by atoms with Crippen molar-refractivity contribution in [3.8, 4) is 5.75 Å². The second-order valence-electron chi connectivity index (χ2n) is 8.26. The van der Waals surface area contributed by atoms with Crippen molar-refractivity contribution in [1.82, 2.24) is 10.2 Å². The molecule has 0 aliphatic heterocycles. The molecule has 0 unspecified atom stereocenters. The van der Waals surface area contributed by atoms with E-state index in [1.165, 1.54) is 12.0 Å². The molecule has 9 heteroatoms. The van der Waals surface area contributed by atoms with Crippen molar-refractivity contribution >= 4 is 27.5 Å². The summed E-state index contributed by atoms with van der Waals surface area (Å²) < 4.78 is 31.6. The van der Waals surface area contributed by atoms with Crippen molar-refractivity contribution in [2.45, 2.75) is 45.7 Å². The standard InChI is InChI=1S/C25H35N3O5S/c1-6-19(2)26-25(30)20(3)27(17-16-21-12-8-7-9-13-21)24(29)18-28(34(5,31)32)22-14-10-11-15-23(22)33-4/h7-15,19-20H,6,16-18H2,1-5H3,(H,26,30)/t19-,20-/m1/s1. The highest BCUT2D eigenvalue weighted by Gasteiger charge is 2.31. The van der Waals surface area contributed by atoms with Crippen LogP contribution in [-0.2, 0) is 26.0 Å². The molecule has 2 amide bonds. The molecule has 2 aromatic carbocycles. The quantitative estimate of drug-likeness (QED) is 0.495. The first-order chi connectivity index (χ1) is 16.1. The third-order valence-corrected chi connectivity index (χ3v) is 6.81. The average Bonchev–Trinajstić information content (AvgIpc) is 2.82. The minimum absolute atomic E-state index is 0.0397. The zero-order valence-electron chi connectivity index (χ0n) is 20.5. The molecule has 0 heterocycles. The number of sulfonamides is 1. The Morgan fingerprint density at radius 1 is 1.03 bits per heavy atom. The van der Waals surface area contributed by atoms with Gasteiger partial charge in [-0.3, -0.25) is 13.9 Å². The molecule has 0 bridgehead atoms. The van der Waals surface area contributed by atoms with Gasteiger partial charge in [0.2, 0.25) is 21.8 Å². The number of carbonyl (C=O) groups is 2. The Kier molecular flexibility index (Phi) is 9.92. The van der Waals surface area contributed by atoms with Crippen LogP contribution in [0.15, 0.2) is 54.6 Å². The summed E-state index contributed by atoms with van der Waals surface area (Å²) in [6.45, 7) is 5.34. The zero-order valence-corrected chi connectivity index (χ0v) is 21.3. The van der Waals surface area contributed by atoms with E-state index in [2.05, 4.69) is 5.32 Å². The molecule has 1 N–H and O–H groups in total. The van der Waals surface area contributed by atoms with E-state index in [9.17, 15) is 18.0 Å². The van der Waals surface area contributed by atoms with E-state index in [1.807, 2.05) is 44.2 Å². The number of carbonyl (C=O) groups excluding carboxylic acids is 2. The maximum absolute atomic E-state index is 13.5. The summed E-state index contributed by atoms with van der Waals surface area (Å²) in [5.74, 6) is -0.419. The molecule has 0 aliphatic rings. The number of methoxy groups -OCH3 is 1. The smallest absolute Gasteiger partial charge is 0.244 e. The van der Waals surface area contributed by atoms with Gasteiger partial charge < -0.3 is 15.0 Å². The summed E-state index contributed by atoms with van der Waals surface area (Å²) in [7, 11) is -2.37. The van der Waals surface area contributed by atoms with Crippen molar-refractivity contribution in [3.05, 3.63) is 60.2 Å². The highest BCUT2D eigenvalue weighted by Crippen LogP contribution is 2.29. The van der Waals surface area contributed by atoms with Crippen LogP contribution in [0.3, 0.4) is 0 Å². The second-order valence-corrected chi connectivity index (χ2v) is 10.2. The Hall–Kier alpha value is -3.07. The minimum Gasteiger partial charge on any atom is -0.495 e. The summed E-state index contributed by atoms with van der Waals surface area (Å²) in [5.41, 5.74) is 1.28. The highest BCUT2D eigenvalue weighted by atomic mass is 32.2. The van der Waals surface area contributed by atoms with Gasteiger partial charge in [0.15, 0.2) is 0 Å². The number of hydrogen-bond acceptors (Lipinski definition) is 5. The van der Waals surface area contributed by atoms with Crippen molar-refractivity contribution < 1.29 is 22.7 Å². The molecule has 0 fully saturated rings. The molecule has 0 aliphatic carbocycles. The summed E-state index contributed by atoms with van der Waals surface area (Å²) >= 11 is 0. The normalized spacial score (nSPS) is 13.0. The van der Waals surface area contributed by atoms with Crippen LogP contribution >= 0.6 is 0 Å². The Labute approximate surface area is 202 Å². The molecule has 0 spiro atoms. The number of nitrogens with one attached hydrogen (secondary N) is 1. The van der Waals surface area contributed by atoms with E-state index < -0.39 is 28.5 Å². The maximum Gasteiger partial charge on any atom is 0.244 e. The van der Waals surface area contributed by atoms with Gasteiger partial charge in [0.1, 0.15) is 18.3 Å². The van der Waals surface area contributed by atoms with Gasteiger partial charge in [-0.05, 0) is 44.4 Å². The van der Waals surface area contributed by atoms with E-state index in [4.69, 9.17) is 4.74 Å². The summed E-state index contributed by atoms with van der Waals surface area (Å²) in [6, 6.07) is 15.4. The van der Waals surface area contributed by atoms with Gasteiger partial charge in [-0.15, -0.1) is 0 Å². The Balaban J connectivity index is 2.34. The zero-order chi connectivity index (χ0) is 25.3. The van der Waals surface area contributed by atoms with E-state index in [1.54, 1.807) is 31.2 Å². The lowest BCUT2D eigenvalue weighted by Crippen LogP contribution is -2.53. The predicted octanol–water partition coefficient (Wildman–Crippen LogP) is 2.84. The van der Waals surface area contributed by atoms with Crippen LogP contribution in [0, 0.1) is 0 Å². The van der Waals surface area contributed by atoms with Crippen LogP contribution in [0.1, 0.15) is 32.8 Å². The summed E-state index contributed by atoms with van der Waals surface area (Å²) in [6.07, 6.45) is 2.33. The van der Waals surface area contributed by atoms with Crippen molar-refractivity contribution in [2.24, 2.45) is 0 Å². The molecular weight excluding hydrogens is 454 g/mol. The first kappa shape index (κ1) is 27.2. The monoisotopic (exact) mass is 489 g/mol. The van der Waals surface area contributed by atoms with Gasteiger partial charge in [0.05, 0.1) is 19.1 Å². The summed E-state index contributed by atoms with van der Waals surface area (Å²) in [4.78, 5) is 27.8. The number of benzene rings is 2. The molecule has 0 saturated carbocycles. The van der Waals surface area contributed by atoms with E-state index in [0.29, 0.717) is 12.2 Å². The number of ether oxygens (including phenoxy) is 1.